The Morgan fingerprint density at radius 3 is 2.64 bits per heavy atom. The van der Waals surface area contributed by atoms with E-state index in [2.05, 4.69) is 25.4 Å². The molecule has 2 aliphatic heterocycles. The molecule has 186 valence electrons. The molecule has 7 nitrogen and oxygen atoms in total. The van der Waals surface area contributed by atoms with Crippen LogP contribution in [0.15, 0.2) is 42.7 Å². The maximum atomic E-state index is 14.6. The zero-order chi connectivity index (χ0) is 24.8. The van der Waals surface area contributed by atoms with E-state index in [0.29, 0.717) is 16.9 Å². The molecule has 0 saturated carbocycles. The van der Waals surface area contributed by atoms with Crippen molar-refractivity contribution >= 4 is 16.9 Å². The fourth-order valence-corrected chi connectivity index (χ4v) is 5.17. The largest absolute Gasteiger partial charge is 0.346 e. The number of nitrogens with one attached hydrogen (secondary N) is 1. The van der Waals surface area contributed by atoms with E-state index in [1.54, 1.807) is 23.2 Å². The second kappa shape index (κ2) is 9.12. The number of hydrogen-bond donors (Lipinski definition) is 1. The number of aromatic nitrogens is 5. The average molecular weight is 498 g/mol. The van der Waals surface area contributed by atoms with Gasteiger partial charge in [-0.15, -0.1) is 0 Å². The third-order valence-corrected chi connectivity index (χ3v) is 6.92. The zero-order valence-electron chi connectivity index (χ0n) is 19.2. The van der Waals surface area contributed by atoms with Crippen molar-refractivity contribution in [1.29, 1.82) is 0 Å². The molecule has 0 bridgehead atoms. The van der Waals surface area contributed by atoms with Crippen molar-refractivity contribution in [3.8, 4) is 11.3 Å². The molecule has 36 heavy (non-hydrogen) atoms. The van der Waals surface area contributed by atoms with Gasteiger partial charge in [0.1, 0.15) is 34.8 Å². The van der Waals surface area contributed by atoms with Crippen LogP contribution < -0.4 is 10.2 Å². The lowest BCUT2D eigenvalue weighted by atomic mass is 10.0. The number of nitrogens with zero attached hydrogens (tertiary/aromatic N) is 6. The maximum Gasteiger partial charge on any atom is 0.309 e. The van der Waals surface area contributed by atoms with Crippen LogP contribution in [0.5, 0.6) is 0 Å². The van der Waals surface area contributed by atoms with Crippen LogP contribution in [0.3, 0.4) is 0 Å². The minimum absolute atomic E-state index is 0.00409. The fourth-order valence-electron chi connectivity index (χ4n) is 5.17. The molecule has 0 amide bonds. The molecule has 5 heterocycles. The number of pyridine rings is 1. The topological polar surface area (TPSA) is 71.8 Å². The van der Waals surface area contributed by atoms with Crippen LogP contribution in [0.1, 0.15) is 36.9 Å². The third-order valence-electron chi connectivity index (χ3n) is 6.92. The van der Waals surface area contributed by atoms with Crippen LogP contribution in [0.2, 0.25) is 0 Å². The molecular formula is C25H23F4N7. The lowest BCUT2D eigenvalue weighted by molar-refractivity contribution is 0.343. The maximum absolute atomic E-state index is 14.6. The van der Waals surface area contributed by atoms with Gasteiger partial charge in [-0.25, -0.2) is 23.1 Å². The molecule has 2 fully saturated rings. The van der Waals surface area contributed by atoms with Gasteiger partial charge in [-0.3, -0.25) is 4.68 Å². The van der Waals surface area contributed by atoms with Gasteiger partial charge in [0, 0.05) is 23.7 Å². The van der Waals surface area contributed by atoms with Crippen molar-refractivity contribution in [2.24, 2.45) is 0 Å². The first kappa shape index (κ1) is 22.8. The summed E-state index contributed by atoms with van der Waals surface area (Å²) in [5.74, 6) is -0.867. The molecule has 0 spiro atoms. The Labute approximate surface area is 204 Å². The standard InChI is InChI=1S/C25H23F4N7/c26-15-1-2-19(28)18(9-15)21-10-16(27)13-35(21)22-4-3-20-24(33-22)23(34-25(29)32-20)14-11-31-36(12-14)17-5-7-30-8-6-17/h1-4,9,11-12,16-17,21,30H,5-8,10,13H2/t16-,21+/m0/s1. The van der Waals surface area contributed by atoms with Crippen LogP contribution in [0.25, 0.3) is 22.3 Å². The summed E-state index contributed by atoms with van der Waals surface area (Å²) < 4.78 is 59.2. The Morgan fingerprint density at radius 1 is 0.972 bits per heavy atom. The second-order valence-electron chi connectivity index (χ2n) is 9.24. The molecule has 2 saturated heterocycles. The summed E-state index contributed by atoms with van der Waals surface area (Å²) in [5.41, 5.74) is 1.52. The Bertz CT molecular complexity index is 1420. The van der Waals surface area contributed by atoms with E-state index in [0.717, 1.165) is 44.1 Å². The summed E-state index contributed by atoms with van der Waals surface area (Å²) in [6, 6.07) is 5.80. The van der Waals surface area contributed by atoms with E-state index in [1.807, 2.05) is 10.9 Å². The highest BCUT2D eigenvalue weighted by atomic mass is 19.1. The average Bonchev–Trinajstić information content (AvgIpc) is 3.52. The highest BCUT2D eigenvalue weighted by Gasteiger charge is 2.36. The summed E-state index contributed by atoms with van der Waals surface area (Å²) in [7, 11) is 0. The zero-order valence-corrected chi connectivity index (χ0v) is 19.2. The number of hydrogen-bond acceptors (Lipinski definition) is 6. The number of alkyl halides is 1. The van der Waals surface area contributed by atoms with Crippen LogP contribution >= 0.6 is 0 Å². The number of fused-ring (bicyclic) bond motifs is 1. The van der Waals surface area contributed by atoms with Crippen LogP contribution in [0.4, 0.5) is 23.4 Å². The van der Waals surface area contributed by atoms with Gasteiger partial charge in [-0.1, -0.05) is 0 Å². The molecule has 0 aliphatic carbocycles. The van der Waals surface area contributed by atoms with Crippen molar-refractivity contribution in [1.82, 2.24) is 30.0 Å². The normalized spacial score (nSPS) is 20.9. The van der Waals surface area contributed by atoms with Crippen LogP contribution in [-0.2, 0) is 0 Å². The predicted octanol–water partition coefficient (Wildman–Crippen LogP) is 4.52. The lowest BCUT2D eigenvalue weighted by Crippen LogP contribution is -2.29. The molecule has 1 aromatic carbocycles. The first-order chi connectivity index (χ1) is 17.5. The molecule has 0 unspecified atom stereocenters. The van der Waals surface area contributed by atoms with Crippen molar-refractivity contribution < 1.29 is 17.6 Å². The smallest absolute Gasteiger partial charge is 0.309 e. The SMILES string of the molecule is Fc1ccc(F)c([C@H]2C[C@H](F)CN2c2ccc3nc(F)nc(-c4cnn(C5CCNCC5)c4)c3n2)c1. The van der Waals surface area contributed by atoms with Gasteiger partial charge >= 0.3 is 6.08 Å². The molecule has 0 radical (unpaired) electrons. The number of rotatable bonds is 4. The molecule has 1 N–H and O–H groups in total. The second-order valence-corrected chi connectivity index (χ2v) is 9.24. The Kier molecular flexibility index (Phi) is 5.79. The molecular weight excluding hydrogens is 474 g/mol. The van der Waals surface area contributed by atoms with E-state index >= 15 is 0 Å². The Balaban J connectivity index is 1.41. The number of benzene rings is 1. The summed E-state index contributed by atoms with van der Waals surface area (Å²) in [6.07, 6.45) is 3.16. The third kappa shape index (κ3) is 4.17. The molecule has 11 heteroatoms. The minimum Gasteiger partial charge on any atom is -0.346 e. The number of halogens is 4. The minimum atomic E-state index is -1.25. The number of piperidine rings is 1. The highest BCUT2D eigenvalue weighted by molar-refractivity contribution is 5.89. The van der Waals surface area contributed by atoms with E-state index in [-0.39, 0.29) is 35.8 Å². The predicted molar refractivity (Wildman–Crippen MR) is 126 cm³/mol. The van der Waals surface area contributed by atoms with Crippen LogP contribution in [-0.4, -0.2) is 50.5 Å². The molecule has 3 aromatic heterocycles. The Hall–Kier alpha value is -3.60. The molecule has 2 aliphatic rings. The first-order valence-corrected chi connectivity index (χ1v) is 11.9. The van der Waals surface area contributed by atoms with Gasteiger partial charge in [0.05, 0.1) is 30.3 Å². The van der Waals surface area contributed by atoms with Crippen molar-refractivity contribution in [3.05, 3.63) is 66.0 Å². The van der Waals surface area contributed by atoms with Crippen molar-refractivity contribution in [2.75, 3.05) is 24.5 Å². The van der Waals surface area contributed by atoms with Crippen molar-refractivity contribution in [3.63, 3.8) is 0 Å². The summed E-state index contributed by atoms with van der Waals surface area (Å²) in [4.78, 5) is 14.1. The van der Waals surface area contributed by atoms with Crippen LogP contribution in [0, 0.1) is 17.7 Å². The van der Waals surface area contributed by atoms with Gasteiger partial charge in [-0.2, -0.15) is 14.5 Å². The van der Waals surface area contributed by atoms with Gasteiger partial charge in [-0.05, 0) is 56.3 Å². The van der Waals surface area contributed by atoms with Gasteiger partial charge < -0.3 is 10.2 Å². The van der Waals surface area contributed by atoms with Gasteiger partial charge in [0.15, 0.2) is 0 Å². The monoisotopic (exact) mass is 497 g/mol. The van der Waals surface area contributed by atoms with E-state index < -0.39 is 29.9 Å². The van der Waals surface area contributed by atoms with Crippen molar-refractivity contribution in [2.45, 2.75) is 37.5 Å². The van der Waals surface area contributed by atoms with Gasteiger partial charge in [0.25, 0.3) is 0 Å². The number of anilines is 1. The summed E-state index contributed by atoms with van der Waals surface area (Å²) >= 11 is 0. The summed E-state index contributed by atoms with van der Waals surface area (Å²) in [5, 5.41) is 7.79. The highest BCUT2D eigenvalue weighted by Crippen LogP contribution is 2.39. The Morgan fingerprint density at radius 2 is 1.81 bits per heavy atom. The summed E-state index contributed by atoms with van der Waals surface area (Å²) in [6.45, 7) is 1.76. The van der Waals surface area contributed by atoms with E-state index in [4.69, 9.17) is 0 Å². The molecule has 6 rings (SSSR count). The van der Waals surface area contributed by atoms with E-state index in [9.17, 15) is 17.6 Å². The van der Waals surface area contributed by atoms with Gasteiger partial charge in [0.2, 0.25) is 0 Å². The fraction of sp³-hybridized carbons (Fsp3) is 0.360. The lowest BCUT2D eigenvalue weighted by Gasteiger charge is -2.26. The first-order valence-electron chi connectivity index (χ1n) is 11.9. The molecule has 4 aromatic rings. The quantitative estimate of drug-likeness (QED) is 0.330. The molecule has 2 atom stereocenters. The van der Waals surface area contributed by atoms with E-state index in [1.165, 1.54) is 0 Å².